The second kappa shape index (κ2) is 7.66. The molecular formula is C20H16Cl2N8OS. The molecule has 162 valence electrons. The average molecular weight is 487 g/mol. The fourth-order valence-corrected chi connectivity index (χ4v) is 5.06. The quantitative estimate of drug-likeness (QED) is 0.378. The van der Waals surface area contributed by atoms with Crippen LogP contribution >= 0.6 is 34.5 Å². The number of amidine groups is 1. The lowest BCUT2D eigenvalue weighted by molar-refractivity contribution is 0.186. The standard InChI is InChI=1S/C20H16Cl2N8OS/c21-11-3-4-12(22)15-13(11)20(31)30(10-5-26-27-6-10)18(29-15)14(9-1-2-9)28-17-16-19(24-7-23-17)32-8-25-16/h3-9,14,20,31H,1-2H2,(H,26,27)(H,23,24,28)/t14-,20+/m0/s1. The molecule has 32 heavy (non-hydrogen) atoms. The number of nitrogens with one attached hydrogen (secondary N) is 2. The Labute approximate surface area is 196 Å². The highest BCUT2D eigenvalue weighted by Crippen LogP contribution is 2.46. The van der Waals surface area contributed by atoms with Crippen LogP contribution in [0.4, 0.5) is 17.2 Å². The summed E-state index contributed by atoms with van der Waals surface area (Å²) in [4.78, 5) is 20.6. The Hall–Kier alpha value is -2.79. The van der Waals surface area contributed by atoms with E-state index in [1.54, 1.807) is 34.9 Å². The number of H-pyrrole nitrogens is 1. The lowest BCUT2D eigenvalue weighted by Crippen LogP contribution is -2.48. The molecule has 1 aliphatic heterocycles. The number of halogens is 2. The van der Waals surface area contributed by atoms with E-state index >= 15 is 0 Å². The van der Waals surface area contributed by atoms with Crippen LogP contribution in [0, 0.1) is 5.92 Å². The molecule has 0 bridgehead atoms. The van der Waals surface area contributed by atoms with Crippen LogP contribution < -0.4 is 10.2 Å². The molecule has 2 atom stereocenters. The number of benzene rings is 1. The van der Waals surface area contributed by atoms with E-state index in [0.29, 0.717) is 50.1 Å². The van der Waals surface area contributed by atoms with E-state index in [2.05, 4.69) is 30.5 Å². The van der Waals surface area contributed by atoms with E-state index in [0.717, 1.165) is 17.7 Å². The van der Waals surface area contributed by atoms with Crippen LogP contribution in [0.5, 0.6) is 0 Å². The third-order valence-corrected chi connectivity index (χ3v) is 7.02. The highest BCUT2D eigenvalue weighted by Gasteiger charge is 2.43. The molecule has 1 aliphatic carbocycles. The second-order valence-electron chi connectivity index (χ2n) is 7.65. The van der Waals surface area contributed by atoms with Gasteiger partial charge in [-0.2, -0.15) is 5.10 Å². The maximum absolute atomic E-state index is 11.4. The number of fused-ring (bicyclic) bond motifs is 2. The predicted molar refractivity (Wildman–Crippen MR) is 125 cm³/mol. The number of aliphatic imine (C=N–C) groups is 1. The Kier molecular flexibility index (Phi) is 4.76. The van der Waals surface area contributed by atoms with Gasteiger partial charge in [-0.3, -0.25) is 10.00 Å². The van der Waals surface area contributed by atoms with E-state index < -0.39 is 6.23 Å². The van der Waals surface area contributed by atoms with Gasteiger partial charge < -0.3 is 10.4 Å². The summed E-state index contributed by atoms with van der Waals surface area (Å²) in [6, 6.07) is 3.10. The van der Waals surface area contributed by atoms with Gasteiger partial charge in [0.1, 0.15) is 22.5 Å². The van der Waals surface area contributed by atoms with Crippen molar-refractivity contribution in [2.24, 2.45) is 10.9 Å². The zero-order valence-electron chi connectivity index (χ0n) is 16.4. The Bertz CT molecular complexity index is 1340. The molecule has 4 aromatic rings. The molecule has 2 aliphatic rings. The number of aromatic amines is 1. The van der Waals surface area contributed by atoms with Gasteiger partial charge >= 0.3 is 0 Å². The van der Waals surface area contributed by atoms with Gasteiger partial charge in [-0.15, -0.1) is 11.3 Å². The van der Waals surface area contributed by atoms with Crippen molar-refractivity contribution in [3.05, 3.63) is 52.0 Å². The molecule has 12 heteroatoms. The summed E-state index contributed by atoms with van der Waals surface area (Å²) in [7, 11) is 0. The molecule has 0 radical (unpaired) electrons. The van der Waals surface area contributed by atoms with Gasteiger partial charge in [0.2, 0.25) is 0 Å². The molecule has 1 fully saturated rings. The van der Waals surface area contributed by atoms with Crippen LogP contribution in [0.15, 0.2) is 41.4 Å². The topological polar surface area (TPSA) is 115 Å². The molecule has 3 N–H and O–H groups in total. The van der Waals surface area contributed by atoms with Crippen molar-refractivity contribution in [2.45, 2.75) is 25.1 Å². The number of aliphatic hydroxyl groups excluding tert-OH is 1. The largest absolute Gasteiger partial charge is 0.369 e. The SMILES string of the molecule is O[C@@H]1c2c(Cl)ccc(Cl)c2N=C([C@@H](Nc2ncnc3scnc23)C2CC2)N1c1cn[nH]c1. The third kappa shape index (κ3) is 3.22. The molecule has 4 heterocycles. The summed E-state index contributed by atoms with van der Waals surface area (Å²) >= 11 is 14.4. The molecule has 1 saturated carbocycles. The molecule has 0 saturated heterocycles. The summed E-state index contributed by atoms with van der Waals surface area (Å²) in [5.41, 5.74) is 4.04. The number of aliphatic hydroxyl groups is 1. The maximum atomic E-state index is 11.4. The van der Waals surface area contributed by atoms with Crippen LogP contribution in [0.2, 0.25) is 10.0 Å². The molecule has 9 nitrogen and oxygen atoms in total. The summed E-state index contributed by atoms with van der Waals surface area (Å²) in [5.74, 6) is 1.54. The Morgan fingerprint density at radius 3 is 2.81 bits per heavy atom. The summed E-state index contributed by atoms with van der Waals surface area (Å²) in [6.07, 6.45) is 5.81. The molecule has 1 aromatic carbocycles. The van der Waals surface area contributed by atoms with Gasteiger partial charge in [0, 0.05) is 11.8 Å². The smallest absolute Gasteiger partial charge is 0.162 e. The van der Waals surface area contributed by atoms with Crippen molar-refractivity contribution >= 4 is 67.9 Å². The van der Waals surface area contributed by atoms with Gasteiger partial charge in [-0.1, -0.05) is 23.2 Å². The van der Waals surface area contributed by atoms with E-state index in [-0.39, 0.29) is 6.04 Å². The molecule has 3 aromatic heterocycles. The monoisotopic (exact) mass is 486 g/mol. The van der Waals surface area contributed by atoms with Gasteiger partial charge in [0.05, 0.1) is 39.2 Å². The minimum absolute atomic E-state index is 0.248. The first-order chi connectivity index (χ1) is 15.6. The van der Waals surface area contributed by atoms with E-state index in [1.165, 1.54) is 17.7 Å². The van der Waals surface area contributed by atoms with E-state index in [4.69, 9.17) is 28.2 Å². The first-order valence-corrected chi connectivity index (χ1v) is 11.6. The number of nitrogens with zero attached hydrogens (tertiary/aromatic N) is 6. The van der Waals surface area contributed by atoms with Gasteiger partial charge in [0.25, 0.3) is 0 Å². The molecule has 0 unspecified atom stereocenters. The summed E-state index contributed by atoms with van der Waals surface area (Å²) < 4.78 is 0. The highest BCUT2D eigenvalue weighted by atomic mass is 35.5. The Morgan fingerprint density at radius 2 is 2.03 bits per heavy atom. The minimum atomic E-state index is -1.09. The van der Waals surface area contributed by atoms with Crippen LogP contribution in [0.3, 0.4) is 0 Å². The number of hydrogen-bond donors (Lipinski definition) is 3. The van der Waals surface area contributed by atoms with Crippen molar-refractivity contribution in [1.29, 1.82) is 0 Å². The lowest BCUT2D eigenvalue weighted by atomic mass is 10.0. The van der Waals surface area contributed by atoms with Crippen molar-refractivity contribution in [3.8, 4) is 0 Å². The predicted octanol–water partition coefficient (Wildman–Crippen LogP) is 4.55. The van der Waals surface area contributed by atoms with Crippen LogP contribution in [0.1, 0.15) is 24.6 Å². The van der Waals surface area contributed by atoms with Gasteiger partial charge in [-0.05, 0) is 30.9 Å². The fourth-order valence-electron chi connectivity index (χ4n) is 3.98. The van der Waals surface area contributed by atoms with Crippen molar-refractivity contribution in [1.82, 2.24) is 25.1 Å². The molecule has 6 rings (SSSR count). The lowest BCUT2D eigenvalue weighted by Gasteiger charge is -2.38. The molecule has 0 spiro atoms. The average Bonchev–Trinajstić information content (AvgIpc) is 3.27. The third-order valence-electron chi connectivity index (χ3n) is 5.65. The van der Waals surface area contributed by atoms with E-state index in [1.807, 2.05) is 0 Å². The van der Waals surface area contributed by atoms with Crippen molar-refractivity contribution in [3.63, 3.8) is 0 Å². The van der Waals surface area contributed by atoms with Gasteiger partial charge in [-0.25, -0.2) is 19.9 Å². The zero-order valence-corrected chi connectivity index (χ0v) is 18.7. The summed E-state index contributed by atoms with van der Waals surface area (Å²) in [5, 5.41) is 22.6. The van der Waals surface area contributed by atoms with Gasteiger partial charge in [0.15, 0.2) is 12.0 Å². The molecule has 0 amide bonds. The summed E-state index contributed by atoms with van der Waals surface area (Å²) in [6.45, 7) is 0. The number of hydrogen-bond acceptors (Lipinski definition) is 9. The first kappa shape index (κ1) is 19.9. The van der Waals surface area contributed by atoms with Crippen LogP contribution in [-0.4, -0.2) is 42.1 Å². The van der Waals surface area contributed by atoms with Crippen molar-refractivity contribution in [2.75, 3.05) is 10.2 Å². The normalized spacial score (nSPS) is 19.0. The molecular weight excluding hydrogens is 471 g/mol. The fraction of sp³-hybridized carbons (Fsp3) is 0.250. The van der Waals surface area contributed by atoms with Crippen LogP contribution in [-0.2, 0) is 0 Å². The maximum Gasteiger partial charge on any atom is 0.162 e. The van der Waals surface area contributed by atoms with E-state index in [9.17, 15) is 5.11 Å². The Morgan fingerprint density at radius 1 is 1.19 bits per heavy atom. The first-order valence-electron chi connectivity index (χ1n) is 9.95. The minimum Gasteiger partial charge on any atom is -0.369 e. The highest BCUT2D eigenvalue weighted by molar-refractivity contribution is 7.16. The van der Waals surface area contributed by atoms with Crippen LogP contribution in [0.25, 0.3) is 10.3 Å². The van der Waals surface area contributed by atoms with Crippen molar-refractivity contribution < 1.29 is 5.11 Å². The number of anilines is 2. The number of rotatable bonds is 5. The second-order valence-corrected chi connectivity index (χ2v) is 9.30. The number of thiazole rings is 1. The zero-order chi connectivity index (χ0) is 21.8. The Balaban J connectivity index is 1.51. The number of aromatic nitrogens is 5.